The lowest BCUT2D eigenvalue weighted by Crippen LogP contribution is -1.92. The Balaban J connectivity index is 2.01. The molecule has 0 N–H and O–H groups in total. The lowest BCUT2D eigenvalue weighted by molar-refractivity contribution is -0.384. The maximum absolute atomic E-state index is 11.1. The summed E-state index contributed by atoms with van der Waals surface area (Å²) in [6.07, 6.45) is 1.67. The van der Waals surface area contributed by atoms with Crippen LogP contribution in [0.5, 0.6) is 0 Å². The predicted octanol–water partition coefficient (Wildman–Crippen LogP) is 4.32. The minimum atomic E-state index is -0.375. The zero-order valence-corrected chi connectivity index (χ0v) is 11.1. The molecule has 2 aromatic carbocycles. The van der Waals surface area contributed by atoms with E-state index in [0.29, 0.717) is 5.56 Å². The van der Waals surface area contributed by atoms with Gasteiger partial charge in [0.25, 0.3) is 5.69 Å². The van der Waals surface area contributed by atoms with Crippen LogP contribution in [-0.2, 0) is 0 Å². The van der Waals surface area contributed by atoms with Gasteiger partial charge in [0, 0.05) is 23.4 Å². The Morgan fingerprint density at radius 1 is 0.810 bits per heavy atom. The first-order chi connectivity index (χ1) is 10.3. The monoisotopic (exact) mass is 276 g/mol. The third kappa shape index (κ3) is 2.65. The number of pyridine rings is 1. The number of rotatable bonds is 3. The van der Waals surface area contributed by atoms with Gasteiger partial charge in [0.2, 0.25) is 0 Å². The molecule has 0 bridgehead atoms. The van der Waals surface area contributed by atoms with Crippen molar-refractivity contribution in [3.05, 3.63) is 83.0 Å². The van der Waals surface area contributed by atoms with Gasteiger partial charge in [-0.2, -0.15) is 0 Å². The van der Waals surface area contributed by atoms with Crippen LogP contribution in [0.4, 0.5) is 5.69 Å². The van der Waals surface area contributed by atoms with Crippen LogP contribution in [0.1, 0.15) is 0 Å². The lowest BCUT2D eigenvalue weighted by Gasteiger charge is -2.04. The number of nitro benzene ring substituents is 1. The first kappa shape index (κ1) is 13.0. The first-order valence-electron chi connectivity index (χ1n) is 6.51. The molecule has 0 aliphatic rings. The molecule has 102 valence electrons. The minimum absolute atomic E-state index is 0.0896. The van der Waals surface area contributed by atoms with Gasteiger partial charge in [0.1, 0.15) is 0 Å². The molecule has 0 saturated heterocycles. The van der Waals surface area contributed by atoms with E-state index in [4.69, 9.17) is 0 Å². The second-order valence-corrected chi connectivity index (χ2v) is 4.57. The van der Waals surface area contributed by atoms with Crippen molar-refractivity contribution in [2.75, 3.05) is 0 Å². The zero-order chi connectivity index (χ0) is 14.7. The van der Waals surface area contributed by atoms with Crippen molar-refractivity contribution in [2.45, 2.75) is 0 Å². The largest absolute Gasteiger partial charge is 0.277 e. The van der Waals surface area contributed by atoms with E-state index in [1.807, 2.05) is 42.5 Å². The summed E-state index contributed by atoms with van der Waals surface area (Å²) < 4.78 is 0. The molecule has 1 heterocycles. The summed E-state index contributed by atoms with van der Waals surface area (Å²) in [5, 5.41) is 11.1. The van der Waals surface area contributed by atoms with Crippen molar-refractivity contribution < 1.29 is 4.92 Å². The SMILES string of the molecule is O=[N+]([O-])c1ccccc1-c1ccc(-c2ccccc2)nc1. The number of nitro groups is 1. The number of aromatic nitrogens is 1. The maximum atomic E-state index is 11.1. The fourth-order valence-corrected chi connectivity index (χ4v) is 2.21. The van der Waals surface area contributed by atoms with Gasteiger partial charge in [-0.25, -0.2) is 0 Å². The summed E-state index contributed by atoms with van der Waals surface area (Å²) in [5.41, 5.74) is 3.27. The third-order valence-electron chi connectivity index (χ3n) is 3.24. The molecular weight excluding hydrogens is 264 g/mol. The van der Waals surface area contributed by atoms with Crippen LogP contribution in [0.2, 0.25) is 0 Å². The Morgan fingerprint density at radius 2 is 1.52 bits per heavy atom. The highest BCUT2D eigenvalue weighted by Gasteiger charge is 2.14. The van der Waals surface area contributed by atoms with Crippen LogP contribution >= 0.6 is 0 Å². The Bertz CT molecular complexity index is 768. The molecule has 0 unspecified atom stereocenters. The van der Waals surface area contributed by atoms with Crippen LogP contribution < -0.4 is 0 Å². The molecule has 0 aliphatic carbocycles. The normalized spacial score (nSPS) is 10.3. The van der Waals surface area contributed by atoms with Crippen LogP contribution in [-0.4, -0.2) is 9.91 Å². The molecule has 4 heteroatoms. The van der Waals surface area contributed by atoms with Gasteiger partial charge in [-0.3, -0.25) is 15.1 Å². The Hall–Kier alpha value is -3.01. The number of hydrogen-bond donors (Lipinski definition) is 0. The van der Waals surface area contributed by atoms with Crippen LogP contribution in [0.3, 0.4) is 0 Å². The summed E-state index contributed by atoms with van der Waals surface area (Å²) in [6.45, 7) is 0. The second kappa shape index (κ2) is 5.54. The van der Waals surface area contributed by atoms with Gasteiger partial charge < -0.3 is 0 Å². The molecule has 21 heavy (non-hydrogen) atoms. The zero-order valence-electron chi connectivity index (χ0n) is 11.1. The van der Waals surface area contributed by atoms with E-state index >= 15 is 0 Å². The molecule has 3 rings (SSSR count). The Kier molecular flexibility index (Phi) is 3.43. The molecule has 4 nitrogen and oxygen atoms in total. The molecule has 0 amide bonds. The maximum Gasteiger partial charge on any atom is 0.277 e. The first-order valence-corrected chi connectivity index (χ1v) is 6.51. The second-order valence-electron chi connectivity index (χ2n) is 4.57. The van der Waals surface area contributed by atoms with Crippen LogP contribution in [0.25, 0.3) is 22.4 Å². The van der Waals surface area contributed by atoms with Crippen molar-refractivity contribution in [1.82, 2.24) is 4.98 Å². The van der Waals surface area contributed by atoms with Crippen LogP contribution in [0, 0.1) is 10.1 Å². The molecule has 0 saturated carbocycles. The summed E-state index contributed by atoms with van der Waals surface area (Å²) in [6, 6.07) is 20.2. The van der Waals surface area contributed by atoms with Crippen molar-refractivity contribution in [1.29, 1.82) is 0 Å². The van der Waals surface area contributed by atoms with Gasteiger partial charge in [0.05, 0.1) is 16.2 Å². The average molecular weight is 276 g/mol. The molecular formula is C17H12N2O2. The van der Waals surface area contributed by atoms with Crippen molar-refractivity contribution in [3.8, 4) is 22.4 Å². The van der Waals surface area contributed by atoms with Crippen molar-refractivity contribution in [3.63, 3.8) is 0 Å². The Labute approximate surface area is 121 Å². The number of nitrogens with zero attached hydrogens (tertiary/aromatic N) is 2. The van der Waals surface area contributed by atoms with Gasteiger partial charge >= 0.3 is 0 Å². The summed E-state index contributed by atoms with van der Waals surface area (Å²) in [7, 11) is 0. The average Bonchev–Trinajstić information content (AvgIpc) is 2.56. The predicted molar refractivity (Wildman–Crippen MR) is 81.8 cm³/mol. The summed E-state index contributed by atoms with van der Waals surface area (Å²) >= 11 is 0. The Morgan fingerprint density at radius 3 is 2.19 bits per heavy atom. The molecule has 0 spiro atoms. The quantitative estimate of drug-likeness (QED) is 0.528. The van der Waals surface area contributed by atoms with E-state index in [1.54, 1.807) is 24.4 Å². The number of para-hydroxylation sites is 1. The van der Waals surface area contributed by atoms with Crippen molar-refractivity contribution >= 4 is 5.69 Å². The highest BCUT2D eigenvalue weighted by molar-refractivity contribution is 5.74. The summed E-state index contributed by atoms with van der Waals surface area (Å²) in [4.78, 5) is 15.1. The fourth-order valence-electron chi connectivity index (χ4n) is 2.21. The molecule has 0 atom stereocenters. The molecule has 0 fully saturated rings. The minimum Gasteiger partial charge on any atom is -0.258 e. The van der Waals surface area contributed by atoms with Gasteiger partial charge in [-0.05, 0) is 12.1 Å². The van der Waals surface area contributed by atoms with E-state index in [0.717, 1.165) is 16.8 Å². The van der Waals surface area contributed by atoms with E-state index in [1.165, 1.54) is 6.07 Å². The third-order valence-corrected chi connectivity index (χ3v) is 3.24. The van der Waals surface area contributed by atoms with E-state index in [-0.39, 0.29) is 10.6 Å². The van der Waals surface area contributed by atoms with E-state index < -0.39 is 0 Å². The van der Waals surface area contributed by atoms with Crippen LogP contribution in [0.15, 0.2) is 72.9 Å². The number of hydrogen-bond acceptors (Lipinski definition) is 3. The van der Waals surface area contributed by atoms with Crippen molar-refractivity contribution in [2.24, 2.45) is 0 Å². The summed E-state index contributed by atoms with van der Waals surface area (Å²) in [5.74, 6) is 0. The smallest absolute Gasteiger partial charge is 0.258 e. The molecule has 0 radical (unpaired) electrons. The fraction of sp³-hybridized carbons (Fsp3) is 0. The number of benzene rings is 2. The molecule has 0 aliphatic heterocycles. The molecule has 1 aromatic heterocycles. The van der Waals surface area contributed by atoms with Gasteiger partial charge in [0.15, 0.2) is 0 Å². The van der Waals surface area contributed by atoms with Gasteiger partial charge in [-0.15, -0.1) is 0 Å². The lowest BCUT2D eigenvalue weighted by atomic mass is 10.0. The topological polar surface area (TPSA) is 56.0 Å². The highest BCUT2D eigenvalue weighted by Crippen LogP contribution is 2.29. The van der Waals surface area contributed by atoms with E-state index in [9.17, 15) is 10.1 Å². The molecule has 3 aromatic rings. The highest BCUT2D eigenvalue weighted by atomic mass is 16.6. The van der Waals surface area contributed by atoms with Gasteiger partial charge in [-0.1, -0.05) is 48.5 Å². The van der Waals surface area contributed by atoms with E-state index in [2.05, 4.69) is 4.98 Å². The standard InChI is InChI=1S/C17H12N2O2/c20-19(21)17-9-5-4-8-15(17)14-10-11-16(18-12-14)13-6-2-1-3-7-13/h1-12H.